The molecule has 1 rings (SSSR count). The van der Waals surface area contributed by atoms with E-state index in [1.54, 1.807) is 0 Å². The highest BCUT2D eigenvalue weighted by Crippen LogP contribution is 2.26. The Morgan fingerprint density at radius 3 is 2.68 bits per heavy atom. The number of alkyl halides is 2. The Balaban J connectivity index is 2.73. The molecule has 0 atom stereocenters. The summed E-state index contributed by atoms with van der Waals surface area (Å²) >= 11 is 0. The van der Waals surface area contributed by atoms with Crippen LogP contribution in [0.1, 0.15) is 5.56 Å². The van der Waals surface area contributed by atoms with Gasteiger partial charge in [-0.15, -0.1) is 0 Å². The van der Waals surface area contributed by atoms with Gasteiger partial charge in [0.15, 0.2) is 0 Å². The molecule has 4 N–H and O–H groups in total. The molecule has 0 aromatic heterocycles. The third-order valence-electron chi connectivity index (χ3n) is 2.20. The van der Waals surface area contributed by atoms with E-state index in [9.17, 15) is 18.4 Å². The number of carbonyl (C=O) groups is 2. The van der Waals surface area contributed by atoms with Crippen LogP contribution in [0.25, 0.3) is 0 Å². The molecule has 0 saturated heterocycles. The fraction of sp³-hybridized carbons (Fsp3) is 0.273. The minimum absolute atomic E-state index is 0.0318. The molecule has 1 aromatic rings. The van der Waals surface area contributed by atoms with E-state index in [-0.39, 0.29) is 12.3 Å². The van der Waals surface area contributed by atoms with Gasteiger partial charge < -0.3 is 21.1 Å². The van der Waals surface area contributed by atoms with Gasteiger partial charge in [0.1, 0.15) is 5.75 Å². The van der Waals surface area contributed by atoms with Gasteiger partial charge >= 0.3 is 12.6 Å². The third-order valence-corrected chi connectivity index (χ3v) is 2.20. The predicted octanol–water partition coefficient (Wildman–Crippen LogP) is 1.20. The van der Waals surface area contributed by atoms with Crippen molar-refractivity contribution in [2.24, 2.45) is 5.73 Å². The normalized spacial score (nSPS) is 10.1. The molecule has 0 heterocycles. The summed E-state index contributed by atoms with van der Waals surface area (Å²) in [6.07, 6.45) is 0. The second-order valence-corrected chi connectivity index (χ2v) is 3.57. The zero-order valence-corrected chi connectivity index (χ0v) is 10.1. The molecule has 104 valence electrons. The third kappa shape index (κ3) is 4.78. The molecule has 0 aliphatic rings. The maximum atomic E-state index is 12.1. The van der Waals surface area contributed by atoms with E-state index >= 15 is 0 Å². The standard InChI is InChI=1S/C11H13F2N3O3/c1-6-7(16-9(17)5-15-11(14)18)3-2-4-8(6)19-10(12)13/h2-4,10H,5H2,1H3,(H,16,17)(H3,14,15,18). The first-order chi connectivity index (χ1) is 8.90. The van der Waals surface area contributed by atoms with Crippen molar-refractivity contribution >= 4 is 17.6 Å². The molecule has 1 aromatic carbocycles. The Morgan fingerprint density at radius 2 is 2.11 bits per heavy atom. The number of nitrogens with one attached hydrogen (secondary N) is 2. The number of primary amides is 1. The molecule has 3 amide bonds. The summed E-state index contributed by atoms with van der Waals surface area (Å²) in [6.45, 7) is -1.73. The number of hydrogen-bond acceptors (Lipinski definition) is 3. The molecule has 8 heteroatoms. The maximum Gasteiger partial charge on any atom is 0.387 e. The first kappa shape index (κ1) is 14.7. The highest BCUT2D eigenvalue weighted by atomic mass is 19.3. The second kappa shape index (κ2) is 6.53. The van der Waals surface area contributed by atoms with Gasteiger partial charge in [0, 0.05) is 11.3 Å². The second-order valence-electron chi connectivity index (χ2n) is 3.57. The molecule has 0 spiro atoms. The zero-order chi connectivity index (χ0) is 14.4. The Morgan fingerprint density at radius 1 is 1.42 bits per heavy atom. The number of nitrogens with two attached hydrogens (primary N) is 1. The Bertz CT molecular complexity index is 480. The average Bonchev–Trinajstić information content (AvgIpc) is 2.31. The van der Waals surface area contributed by atoms with Crippen LogP contribution in [0, 0.1) is 6.92 Å². The number of carbonyl (C=O) groups excluding carboxylic acids is 2. The molecule has 0 fully saturated rings. The van der Waals surface area contributed by atoms with E-state index in [0.717, 1.165) is 0 Å². The van der Waals surface area contributed by atoms with Gasteiger partial charge in [-0.2, -0.15) is 8.78 Å². The van der Waals surface area contributed by atoms with Gasteiger partial charge in [-0.1, -0.05) is 6.07 Å². The van der Waals surface area contributed by atoms with Gasteiger partial charge in [0.2, 0.25) is 5.91 Å². The van der Waals surface area contributed by atoms with Crippen LogP contribution in [0.4, 0.5) is 19.3 Å². The van der Waals surface area contributed by atoms with Gasteiger partial charge in [0.05, 0.1) is 6.54 Å². The minimum atomic E-state index is -2.94. The number of benzene rings is 1. The fourth-order valence-corrected chi connectivity index (χ4v) is 1.34. The van der Waals surface area contributed by atoms with Gasteiger partial charge in [-0.25, -0.2) is 4.79 Å². The van der Waals surface area contributed by atoms with Crippen molar-refractivity contribution < 1.29 is 23.1 Å². The largest absolute Gasteiger partial charge is 0.434 e. The summed E-state index contributed by atoms with van der Waals surface area (Å²) in [7, 11) is 0. The van der Waals surface area contributed by atoms with Crippen molar-refractivity contribution in [2.45, 2.75) is 13.5 Å². The predicted molar refractivity (Wildman–Crippen MR) is 64.0 cm³/mol. The Kier molecular flexibility index (Phi) is 5.04. The van der Waals surface area contributed by atoms with E-state index in [1.807, 2.05) is 0 Å². The summed E-state index contributed by atoms with van der Waals surface area (Å²) in [4.78, 5) is 21.9. The first-order valence-electron chi connectivity index (χ1n) is 5.27. The van der Waals surface area contributed by atoms with Crippen molar-refractivity contribution in [2.75, 3.05) is 11.9 Å². The molecule has 0 unspecified atom stereocenters. The highest BCUT2D eigenvalue weighted by molar-refractivity contribution is 5.95. The van der Waals surface area contributed by atoms with Crippen molar-refractivity contribution in [3.8, 4) is 5.75 Å². The van der Waals surface area contributed by atoms with E-state index in [0.29, 0.717) is 11.3 Å². The lowest BCUT2D eigenvalue weighted by molar-refractivity contribution is -0.115. The SMILES string of the molecule is Cc1c(NC(=O)CNC(N)=O)cccc1OC(F)F. The van der Waals surface area contributed by atoms with Crippen LogP contribution < -0.4 is 21.1 Å². The molecule has 0 saturated carbocycles. The van der Waals surface area contributed by atoms with Crippen LogP contribution in [0.2, 0.25) is 0 Å². The molecule has 0 aliphatic heterocycles. The van der Waals surface area contributed by atoms with Crippen LogP contribution in [-0.2, 0) is 4.79 Å². The van der Waals surface area contributed by atoms with Gasteiger partial charge in [0.25, 0.3) is 0 Å². The number of amides is 3. The van der Waals surface area contributed by atoms with E-state index in [4.69, 9.17) is 5.73 Å². The van der Waals surface area contributed by atoms with Crippen molar-refractivity contribution in [1.29, 1.82) is 0 Å². The van der Waals surface area contributed by atoms with Crippen molar-refractivity contribution in [3.63, 3.8) is 0 Å². The van der Waals surface area contributed by atoms with Crippen LogP contribution in [0.5, 0.6) is 5.75 Å². The van der Waals surface area contributed by atoms with Crippen LogP contribution in [0.3, 0.4) is 0 Å². The number of ether oxygens (including phenoxy) is 1. The molecule has 0 aliphatic carbocycles. The number of urea groups is 1. The number of halogens is 2. The van der Waals surface area contributed by atoms with Crippen LogP contribution in [0.15, 0.2) is 18.2 Å². The minimum Gasteiger partial charge on any atom is -0.434 e. The molecular formula is C11H13F2N3O3. The topological polar surface area (TPSA) is 93.5 Å². The monoisotopic (exact) mass is 273 g/mol. The number of hydrogen-bond donors (Lipinski definition) is 3. The van der Waals surface area contributed by atoms with Crippen LogP contribution in [-0.4, -0.2) is 25.1 Å². The van der Waals surface area contributed by atoms with Crippen molar-refractivity contribution in [3.05, 3.63) is 23.8 Å². The lowest BCUT2D eigenvalue weighted by Gasteiger charge is -2.13. The molecular weight excluding hydrogens is 260 g/mol. The quantitative estimate of drug-likeness (QED) is 0.752. The lowest BCUT2D eigenvalue weighted by Crippen LogP contribution is -2.36. The smallest absolute Gasteiger partial charge is 0.387 e. The first-order valence-corrected chi connectivity index (χ1v) is 5.27. The molecule has 19 heavy (non-hydrogen) atoms. The highest BCUT2D eigenvalue weighted by Gasteiger charge is 2.11. The molecule has 6 nitrogen and oxygen atoms in total. The summed E-state index contributed by atoms with van der Waals surface area (Å²) in [6, 6.07) is 3.51. The van der Waals surface area contributed by atoms with E-state index in [2.05, 4.69) is 15.4 Å². The van der Waals surface area contributed by atoms with E-state index < -0.39 is 18.5 Å². The number of rotatable bonds is 5. The zero-order valence-electron chi connectivity index (χ0n) is 10.1. The Hall–Kier alpha value is -2.38. The van der Waals surface area contributed by atoms with Gasteiger partial charge in [-0.05, 0) is 19.1 Å². The van der Waals surface area contributed by atoms with Crippen LogP contribution >= 0.6 is 0 Å². The Labute approximate surface area is 107 Å². The van der Waals surface area contributed by atoms with Crippen molar-refractivity contribution in [1.82, 2.24) is 5.32 Å². The van der Waals surface area contributed by atoms with Gasteiger partial charge in [-0.3, -0.25) is 4.79 Å². The average molecular weight is 273 g/mol. The van der Waals surface area contributed by atoms with E-state index in [1.165, 1.54) is 25.1 Å². The molecule has 0 radical (unpaired) electrons. The maximum absolute atomic E-state index is 12.1. The lowest BCUT2D eigenvalue weighted by atomic mass is 10.2. The summed E-state index contributed by atoms with van der Waals surface area (Å²) in [5.41, 5.74) is 5.48. The number of anilines is 1. The summed E-state index contributed by atoms with van der Waals surface area (Å²) in [5, 5.41) is 4.55. The summed E-state index contributed by atoms with van der Waals surface area (Å²) in [5.74, 6) is -0.563. The summed E-state index contributed by atoms with van der Waals surface area (Å²) < 4.78 is 28.6. The molecule has 0 bridgehead atoms. The fourth-order valence-electron chi connectivity index (χ4n) is 1.34.